The summed E-state index contributed by atoms with van der Waals surface area (Å²) in [4.78, 5) is 0. The first kappa shape index (κ1) is 14.8. The van der Waals surface area contributed by atoms with Gasteiger partial charge < -0.3 is 19.5 Å². The minimum atomic E-state index is -4.42. The summed E-state index contributed by atoms with van der Waals surface area (Å²) in [6.45, 7) is -1.78. The Bertz CT molecular complexity index is 395. The van der Waals surface area contributed by atoms with E-state index in [2.05, 4.69) is 4.74 Å². The van der Waals surface area contributed by atoms with Gasteiger partial charge in [0.1, 0.15) is 12.4 Å². The van der Waals surface area contributed by atoms with E-state index in [1.807, 2.05) is 0 Å². The zero-order valence-corrected chi connectivity index (χ0v) is 9.57. The van der Waals surface area contributed by atoms with Crippen LogP contribution in [0.4, 0.5) is 13.2 Å². The summed E-state index contributed by atoms with van der Waals surface area (Å²) in [7, 11) is -0.384. The van der Waals surface area contributed by atoms with Gasteiger partial charge in [0.05, 0.1) is 13.7 Å². The third-order valence-electron chi connectivity index (χ3n) is 2.15. The number of ether oxygens (including phenoxy) is 2. The Kier molecular flexibility index (Phi) is 5.00. The monoisotopic (exact) mass is 264 g/mol. The summed E-state index contributed by atoms with van der Waals surface area (Å²) < 4.78 is 45.1. The molecule has 0 atom stereocenters. The summed E-state index contributed by atoms with van der Waals surface area (Å²) in [6.07, 6.45) is -4.42. The predicted molar refractivity (Wildman–Crippen MR) is 58.5 cm³/mol. The van der Waals surface area contributed by atoms with Crippen LogP contribution in [0.2, 0.25) is 0 Å². The molecule has 18 heavy (non-hydrogen) atoms. The highest BCUT2D eigenvalue weighted by molar-refractivity contribution is 6.59. The van der Waals surface area contributed by atoms with Gasteiger partial charge in [-0.1, -0.05) is 6.07 Å². The minimum Gasteiger partial charge on any atom is -0.497 e. The van der Waals surface area contributed by atoms with Crippen molar-refractivity contribution in [3.8, 4) is 5.75 Å². The number of hydrogen-bond donors (Lipinski definition) is 2. The predicted octanol–water partition coefficient (Wildman–Crippen LogP) is 0.454. The number of rotatable bonds is 5. The van der Waals surface area contributed by atoms with Crippen LogP contribution >= 0.6 is 0 Å². The lowest BCUT2D eigenvalue weighted by molar-refractivity contribution is -0.176. The van der Waals surface area contributed by atoms with E-state index in [1.165, 1.54) is 25.3 Å². The molecule has 0 spiro atoms. The van der Waals surface area contributed by atoms with E-state index < -0.39 is 19.9 Å². The van der Waals surface area contributed by atoms with E-state index in [-0.39, 0.29) is 17.6 Å². The number of hydrogen-bond acceptors (Lipinski definition) is 4. The van der Waals surface area contributed by atoms with Crippen LogP contribution in [0.15, 0.2) is 18.2 Å². The molecule has 0 fully saturated rings. The van der Waals surface area contributed by atoms with Crippen molar-refractivity contribution in [2.45, 2.75) is 12.8 Å². The molecule has 0 amide bonds. The molecule has 1 aromatic rings. The van der Waals surface area contributed by atoms with Gasteiger partial charge in [-0.2, -0.15) is 13.2 Å². The van der Waals surface area contributed by atoms with Gasteiger partial charge in [0, 0.05) is 0 Å². The van der Waals surface area contributed by atoms with Gasteiger partial charge in [-0.3, -0.25) is 0 Å². The average molecular weight is 264 g/mol. The first-order valence-electron chi connectivity index (χ1n) is 5.01. The smallest absolute Gasteiger partial charge is 0.488 e. The maximum atomic E-state index is 11.9. The van der Waals surface area contributed by atoms with Crippen molar-refractivity contribution in [3.63, 3.8) is 0 Å². The van der Waals surface area contributed by atoms with Crippen LogP contribution < -0.4 is 10.2 Å². The fourth-order valence-electron chi connectivity index (χ4n) is 1.36. The largest absolute Gasteiger partial charge is 0.497 e. The molecule has 0 aliphatic heterocycles. The number of alkyl halides is 3. The van der Waals surface area contributed by atoms with Gasteiger partial charge in [0.15, 0.2) is 0 Å². The Morgan fingerprint density at radius 3 is 2.44 bits per heavy atom. The Hall–Kier alpha value is -1.25. The number of halogens is 3. The van der Waals surface area contributed by atoms with Crippen molar-refractivity contribution in [2.24, 2.45) is 0 Å². The molecule has 1 rings (SSSR count). The second-order valence-electron chi connectivity index (χ2n) is 3.55. The Morgan fingerprint density at radius 1 is 1.28 bits per heavy atom. The molecule has 0 saturated heterocycles. The van der Waals surface area contributed by atoms with Crippen LogP contribution in [0.5, 0.6) is 5.75 Å². The molecular weight excluding hydrogens is 252 g/mol. The highest BCUT2D eigenvalue weighted by atomic mass is 19.4. The maximum absolute atomic E-state index is 11.9. The van der Waals surface area contributed by atoms with Crippen LogP contribution in [0.25, 0.3) is 0 Å². The number of methoxy groups -OCH3 is 1. The molecule has 0 aliphatic carbocycles. The quantitative estimate of drug-likeness (QED) is 0.758. The summed E-state index contributed by atoms with van der Waals surface area (Å²) in [5.41, 5.74) is 0.312. The zero-order valence-electron chi connectivity index (χ0n) is 9.57. The Balaban J connectivity index is 2.78. The highest BCUT2D eigenvalue weighted by Crippen LogP contribution is 2.17. The fourth-order valence-corrected chi connectivity index (χ4v) is 1.36. The Morgan fingerprint density at radius 2 is 1.94 bits per heavy atom. The molecule has 0 heterocycles. The van der Waals surface area contributed by atoms with Crippen LogP contribution in [0.3, 0.4) is 0 Å². The van der Waals surface area contributed by atoms with E-state index in [1.54, 1.807) is 0 Å². The van der Waals surface area contributed by atoms with Crippen LogP contribution in [0, 0.1) is 0 Å². The molecule has 0 saturated carbocycles. The van der Waals surface area contributed by atoms with Gasteiger partial charge in [-0.25, -0.2) is 0 Å². The van der Waals surface area contributed by atoms with Gasteiger partial charge in [-0.05, 0) is 23.2 Å². The molecule has 2 N–H and O–H groups in total. The molecule has 0 bridgehead atoms. The molecule has 1 aromatic carbocycles. The van der Waals surface area contributed by atoms with Crippen LogP contribution in [-0.4, -0.2) is 37.1 Å². The molecule has 0 aliphatic rings. The second kappa shape index (κ2) is 6.08. The molecule has 8 heteroatoms. The fraction of sp³-hybridized carbons (Fsp3) is 0.400. The topological polar surface area (TPSA) is 58.9 Å². The van der Waals surface area contributed by atoms with Crippen molar-refractivity contribution in [1.82, 2.24) is 0 Å². The lowest BCUT2D eigenvalue weighted by atomic mass is 9.77. The molecule has 4 nitrogen and oxygen atoms in total. The molecule has 100 valence electrons. The molecule has 0 unspecified atom stereocenters. The van der Waals surface area contributed by atoms with E-state index in [0.717, 1.165) is 0 Å². The van der Waals surface area contributed by atoms with Gasteiger partial charge >= 0.3 is 13.3 Å². The third-order valence-corrected chi connectivity index (χ3v) is 2.15. The zero-order chi connectivity index (χ0) is 13.8. The third kappa shape index (κ3) is 4.56. The van der Waals surface area contributed by atoms with E-state index in [0.29, 0.717) is 5.75 Å². The average Bonchev–Trinajstić information content (AvgIpc) is 2.26. The standard InChI is InChI=1S/C10H12BF3O4/c1-17-8-2-3-9(11(15)16)7(4-8)5-18-6-10(12,13)14/h2-4,15-16H,5-6H2,1H3. The molecule has 0 radical (unpaired) electrons. The van der Waals surface area contributed by atoms with Gasteiger partial charge in [0.2, 0.25) is 0 Å². The van der Waals surface area contributed by atoms with Gasteiger partial charge in [0.25, 0.3) is 0 Å². The van der Waals surface area contributed by atoms with E-state index in [4.69, 9.17) is 14.8 Å². The van der Waals surface area contributed by atoms with E-state index in [9.17, 15) is 13.2 Å². The van der Waals surface area contributed by atoms with Crippen molar-refractivity contribution < 1.29 is 32.7 Å². The summed E-state index contributed by atoms with van der Waals surface area (Å²) in [6, 6.07) is 4.23. The van der Waals surface area contributed by atoms with Crippen molar-refractivity contribution in [2.75, 3.05) is 13.7 Å². The minimum absolute atomic E-state index is 0.0815. The SMILES string of the molecule is COc1ccc(B(O)O)c(COCC(F)(F)F)c1. The summed E-state index contributed by atoms with van der Waals surface area (Å²) >= 11 is 0. The second-order valence-corrected chi connectivity index (χ2v) is 3.55. The van der Waals surface area contributed by atoms with Crippen LogP contribution in [0.1, 0.15) is 5.56 Å². The first-order chi connectivity index (χ1) is 8.33. The lowest BCUT2D eigenvalue weighted by Crippen LogP contribution is -2.33. The van der Waals surface area contributed by atoms with Crippen LogP contribution in [-0.2, 0) is 11.3 Å². The van der Waals surface area contributed by atoms with Crippen molar-refractivity contribution >= 4 is 12.6 Å². The normalized spacial score (nSPS) is 11.4. The number of benzene rings is 1. The van der Waals surface area contributed by atoms with Crippen molar-refractivity contribution in [1.29, 1.82) is 0 Å². The first-order valence-corrected chi connectivity index (χ1v) is 5.01. The maximum Gasteiger partial charge on any atom is 0.488 e. The van der Waals surface area contributed by atoms with Crippen molar-refractivity contribution in [3.05, 3.63) is 23.8 Å². The highest BCUT2D eigenvalue weighted by Gasteiger charge is 2.27. The summed E-state index contributed by atoms with van der Waals surface area (Å²) in [5, 5.41) is 18.1. The lowest BCUT2D eigenvalue weighted by Gasteiger charge is -2.12. The van der Waals surface area contributed by atoms with E-state index >= 15 is 0 Å². The molecule has 0 aromatic heterocycles. The van der Waals surface area contributed by atoms with Gasteiger partial charge in [-0.15, -0.1) is 0 Å². The molecular formula is C10H12BF3O4. The Labute approximate surface area is 102 Å². The summed E-state index contributed by atoms with van der Waals surface area (Å²) in [5.74, 6) is 0.394.